The Morgan fingerprint density at radius 1 is 1.07 bits per heavy atom. The van der Waals surface area contributed by atoms with Gasteiger partial charge in [0.25, 0.3) is 0 Å². The van der Waals surface area contributed by atoms with Gasteiger partial charge in [0, 0.05) is 76.4 Å². The number of aromatic nitrogens is 1. The van der Waals surface area contributed by atoms with Gasteiger partial charge in [-0.2, -0.15) is 0 Å². The molecule has 8 atom stereocenters. The summed E-state index contributed by atoms with van der Waals surface area (Å²) in [5, 5.41) is 39.9. The van der Waals surface area contributed by atoms with Crippen LogP contribution in [0.1, 0.15) is 82.2 Å². The Morgan fingerprint density at radius 2 is 1.86 bits per heavy atom. The molecule has 5 N–H and O–H groups in total. The molecule has 0 radical (unpaired) electrons. The third kappa shape index (κ3) is 4.67. The lowest BCUT2D eigenvalue weighted by atomic mass is 9.75. The summed E-state index contributed by atoms with van der Waals surface area (Å²) in [5.41, 5.74) is 3.08. The quantitative estimate of drug-likeness (QED) is 0.147. The van der Waals surface area contributed by atoms with Crippen molar-refractivity contribution in [3.05, 3.63) is 68.9 Å². The molecule has 8 aliphatic heterocycles. The zero-order valence-electron chi connectivity index (χ0n) is 33.6. The van der Waals surface area contributed by atoms with Gasteiger partial charge in [-0.15, -0.1) is 11.8 Å². The molecule has 0 aliphatic carbocycles. The van der Waals surface area contributed by atoms with Crippen LogP contribution in [-0.4, -0.2) is 106 Å². The molecule has 1 spiro atoms. The number of aliphatic hydroxyl groups is 2. The van der Waals surface area contributed by atoms with Crippen LogP contribution in [0.3, 0.4) is 0 Å². The molecule has 3 fully saturated rings. The maximum Gasteiger partial charge on any atom is 0.333 e. The Balaban J connectivity index is 1.18. The van der Waals surface area contributed by atoms with Crippen molar-refractivity contribution < 1.29 is 53.3 Å². The molecule has 310 valence electrons. The number of phenols is 1. The van der Waals surface area contributed by atoms with Crippen molar-refractivity contribution in [2.45, 2.75) is 86.8 Å². The standard InChI is InChI=1S/C43H46N4O11S/c1-18-9-25-28(33(50)34(18)54-6)31-32-38-30-29(37-36(56-17-57-37)19(2)35(30)58-20(3)49)27(47(32)42(52)14-41(25,4)46(31)15-42)13-55-40(51)43(16-59-38)39-24(10-21(12-48)45-43)23-11-22(53-5)7-8-26(23)44-39/h7-9,11,21,27,31-32,38,44-45,48,50,52H,10,12-17H2,1-6H3/t21-,27-,31+,32+,38+,41?,42?,43+/m0/s1. The van der Waals surface area contributed by atoms with Crippen LogP contribution in [0.25, 0.3) is 10.9 Å². The smallest absolute Gasteiger partial charge is 0.333 e. The molecule has 16 heteroatoms. The molecule has 3 aromatic carbocycles. The number of methoxy groups -OCH3 is 2. The van der Waals surface area contributed by atoms with E-state index >= 15 is 4.79 Å². The Labute approximate surface area is 343 Å². The number of aromatic amines is 1. The van der Waals surface area contributed by atoms with Gasteiger partial charge >= 0.3 is 11.9 Å². The molecular weight excluding hydrogens is 781 g/mol. The fourth-order valence-corrected chi connectivity index (χ4v) is 13.6. The number of rotatable bonds is 4. The number of benzene rings is 3. The summed E-state index contributed by atoms with van der Waals surface area (Å²) in [6.45, 7) is 6.96. The fraction of sp³-hybridized carbons (Fsp3) is 0.488. The van der Waals surface area contributed by atoms with E-state index in [0.29, 0.717) is 64.0 Å². The SMILES string of the molecule is COc1ccc2[nH]c3c(c2c1)C[C@@H](CO)N[C@]31CS[C@@H]2c3c(OC(C)=O)c(C)c4c(c3[C@H](COC1=O)N1[C@@H]2[C@H]2c3c(cc(C)c(OC)c3O)C3(C)CC1(O)CN23)OCO4. The third-order valence-electron chi connectivity index (χ3n) is 14.1. The zero-order valence-corrected chi connectivity index (χ0v) is 34.4. The largest absolute Gasteiger partial charge is 0.504 e. The minimum absolute atomic E-state index is 0.0505. The van der Waals surface area contributed by atoms with E-state index < -0.39 is 58.2 Å². The van der Waals surface area contributed by atoms with Gasteiger partial charge < -0.3 is 48.7 Å². The highest BCUT2D eigenvalue weighted by atomic mass is 32.2. The molecule has 1 aromatic heterocycles. The highest BCUT2D eigenvalue weighted by Crippen LogP contribution is 2.71. The second kappa shape index (κ2) is 12.4. The number of hydrogen-bond acceptors (Lipinski definition) is 15. The first-order valence-electron chi connectivity index (χ1n) is 20.0. The molecule has 4 bridgehead atoms. The van der Waals surface area contributed by atoms with E-state index in [4.69, 9.17) is 28.4 Å². The van der Waals surface area contributed by atoms with Crippen molar-refractivity contribution in [3.63, 3.8) is 0 Å². The summed E-state index contributed by atoms with van der Waals surface area (Å²) in [7, 11) is 3.15. The van der Waals surface area contributed by atoms with Crippen LogP contribution in [0.5, 0.6) is 34.5 Å². The van der Waals surface area contributed by atoms with E-state index in [1.54, 1.807) is 14.2 Å². The molecule has 12 rings (SSSR count). The molecule has 4 aromatic rings. The van der Waals surface area contributed by atoms with Crippen LogP contribution < -0.4 is 29.0 Å². The van der Waals surface area contributed by atoms with Crippen LogP contribution >= 0.6 is 11.8 Å². The number of esters is 2. The van der Waals surface area contributed by atoms with Crippen LogP contribution in [0.2, 0.25) is 0 Å². The lowest BCUT2D eigenvalue weighted by molar-refractivity contribution is -0.196. The number of fused-ring (bicyclic) bond motifs is 11. The number of H-pyrrole nitrogens is 1. The average Bonchev–Trinajstić information content (AvgIpc) is 3.95. The van der Waals surface area contributed by atoms with Crippen LogP contribution in [0, 0.1) is 13.8 Å². The number of carbonyl (C=O) groups excluding carboxylic acids is 2. The van der Waals surface area contributed by atoms with E-state index in [9.17, 15) is 20.1 Å². The van der Waals surface area contributed by atoms with Gasteiger partial charge in [-0.1, -0.05) is 0 Å². The maximum absolute atomic E-state index is 15.1. The molecule has 9 heterocycles. The highest BCUT2D eigenvalue weighted by Gasteiger charge is 2.72. The summed E-state index contributed by atoms with van der Waals surface area (Å²) in [6.07, 6.45) is 0.749. The number of carbonyl (C=O) groups is 2. The topological polar surface area (TPSA) is 185 Å². The first-order valence-corrected chi connectivity index (χ1v) is 21.0. The number of ether oxygens (including phenoxy) is 6. The predicted octanol–water partition coefficient (Wildman–Crippen LogP) is 4.00. The molecule has 15 nitrogen and oxygen atoms in total. The maximum atomic E-state index is 15.1. The second-order valence-electron chi connectivity index (χ2n) is 17.2. The fourth-order valence-electron chi connectivity index (χ4n) is 12.0. The van der Waals surface area contributed by atoms with Crippen molar-refractivity contribution in [2.24, 2.45) is 0 Å². The monoisotopic (exact) mass is 826 g/mol. The zero-order chi connectivity index (χ0) is 41.1. The lowest BCUT2D eigenvalue weighted by Crippen LogP contribution is -2.67. The summed E-state index contributed by atoms with van der Waals surface area (Å²) in [4.78, 5) is 36.1. The molecule has 8 aliphatic rings. The van der Waals surface area contributed by atoms with Crippen molar-refractivity contribution in [3.8, 4) is 34.5 Å². The third-order valence-corrected chi connectivity index (χ3v) is 15.6. The van der Waals surface area contributed by atoms with Crippen LogP contribution in [-0.2, 0) is 31.8 Å². The van der Waals surface area contributed by atoms with E-state index in [-0.39, 0.29) is 38.1 Å². The summed E-state index contributed by atoms with van der Waals surface area (Å²) < 4.78 is 36.5. The second-order valence-corrected chi connectivity index (χ2v) is 18.4. The molecule has 0 saturated carbocycles. The first kappa shape index (κ1) is 37.3. The minimum atomic E-state index is -1.47. The van der Waals surface area contributed by atoms with Crippen LogP contribution in [0.15, 0.2) is 24.3 Å². The normalized spacial score (nSPS) is 32.4. The van der Waals surface area contributed by atoms with Gasteiger partial charge in [-0.05, 0) is 68.1 Å². The molecular formula is C43H46N4O11S. The number of phenolic OH excluding ortho intramolecular Hbond substituents is 1. The molecule has 3 saturated heterocycles. The Kier molecular flexibility index (Phi) is 7.86. The van der Waals surface area contributed by atoms with Gasteiger partial charge in [0.2, 0.25) is 6.79 Å². The number of thioether (sulfide) groups is 1. The summed E-state index contributed by atoms with van der Waals surface area (Å²) in [6, 6.07) is 5.42. The minimum Gasteiger partial charge on any atom is -0.504 e. The van der Waals surface area contributed by atoms with E-state index in [1.807, 2.05) is 32.0 Å². The molecule has 59 heavy (non-hydrogen) atoms. The van der Waals surface area contributed by atoms with Crippen molar-refractivity contribution in [1.29, 1.82) is 0 Å². The number of aromatic hydroxyl groups is 1. The number of aryl methyl sites for hydroxylation is 1. The molecule has 0 amide bonds. The van der Waals surface area contributed by atoms with Gasteiger partial charge in [0.05, 0.1) is 43.9 Å². The Morgan fingerprint density at radius 3 is 2.61 bits per heavy atom. The first-order chi connectivity index (χ1) is 28.3. The van der Waals surface area contributed by atoms with Crippen molar-refractivity contribution >= 4 is 34.6 Å². The number of aliphatic hydroxyl groups excluding tert-OH is 1. The predicted molar refractivity (Wildman–Crippen MR) is 213 cm³/mol. The summed E-state index contributed by atoms with van der Waals surface area (Å²) in [5.74, 6) is 1.35. The number of nitrogens with zero attached hydrogens (tertiary/aromatic N) is 2. The van der Waals surface area contributed by atoms with Crippen LogP contribution in [0.4, 0.5) is 0 Å². The van der Waals surface area contributed by atoms with E-state index in [2.05, 4.69) is 33.1 Å². The summed E-state index contributed by atoms with van der Waals surface area (Å²) >= 11 is 1.48. The number of nitrogens with one attached hydrogen (secondary N) is 2. The van der Waals surface area contributed by atoms with Crippen molar-refractivity contribution in [2.75, 3.05) is 46.5 Å². The van der Waals surface area contributed by atoms with E-state index in [1.165, 1.54) is 18.7 Å². The lowest BCUT2D eigenvalue weighted by Gasteiger charge is -2.59. The average molecular weight is 827 g/mol. The number of hydrogen-bond donors (Lipinski definition) is 5. The van der Waals surface area contributed by atoms with E-state index in [0.717, 1.165) is 33.2 Å². The highest BCUT2D eigenvalue weighted by molar-refractivity contribution is 7.99. The Bertz CT molecular complexity index is 2540. The van der Waals surface area contributed by atoms with Gasteiger partial charge in [-0.25, -0.2) is 4.79 Å². The number of piperazine rings is 1. The Hall–Kier alpha value is -4.71. The van der Waals surface area contributed by atoms with Crippen molar-refractivity contribution in [1.82, 2.24) is 20.1 Å². The van der Waals surface area contributed by atoms with Gasteiger partial charge in [0.1, 0.15) is 23.8 Å². The van der Waals surface area contributed by atoms with Gasteiger partial charge in [0.15, 0.2) is 28.5 Å². The molecule has 2 unspecified atom stereocenters. The van der Waals surface area contributed by atoms with Gasteiger partial charge in [-0.3, -0.25) is 19.9 Å².